The van der Waals surface area contributed by atoms with Crippen LogP contribution in [0.2, 0.25) is 0 Å². The van der Waals surface area contributed by atoms with Gasteiger partial charge in [-0.25, -0.2) is 0 Å². The van der Waals surface area contributed by atoms with Crippen molar-refractivity contribution < 1.29 is 9.53 Å². The van der Waals surface area contributed by atoms with Crippen molar-refractivity contribution >= 4 is 22.4 Å². The number of aromatic nitrogens is 1. The van der Waals surface area contributed by atoms with Crippen molar-refractivity contribution in [3.63, 3.8) is 0 Å². The van der Waals surface area contributed by atoms with E-state index in [2.05, 4.69) is 58.4 Å². The summed E-state index contributed by atoms with van der Waals surface area (Å²) >= 11 is 0. The highest BCUT2D eigenvalue weighted by Crippen LogP contribution is 2.47. The molecule has 0 amide bonds. The quantitative estimate of drug-likeness (QED) is 0.209. The Kier molecular flexibility index (Phi) is 8.42. The highest BCUT2D eigenvalue weighted by molar-refractivity contribution is 6.02. The Hall–Kier alpha value is -4.04. The number of fused-ring (bicyclic) bond motifs is 5. The topological polar surface area (TPSA) is 67.0 Å². The summed E-state index contributed by atoms with van der Waals surface area (Å²) < 4.78 is 8.67. The molecule has 2 atom stereocenters. The molecule has 0 bridgehead atoms. The van der Waals surface area contributed by atoms with E-state index < -0.39 is 0 Å². The van der Waals surface area contributed by atoms with E-state index in [1.54, 1.807) is 0 Å². The number of ketones is 1. The number of carbonyl (C=O) groups excluding carboxylic acids is 1. The van der Waals surface area contributed by atoms with Crippen LogP contribution in [0, 0.1) is 17.2 Å². The van der Waals surface area contributed by atoms with Gasteiger partial charge in [0.05, 0.1) is 23.9 Å². The Morgan fingerprint density at radius 1 is 0.932 bits per heavy atom. The van der Waals surface area contributed by atoms with Crippen LogP contribution in [0.25, 0.3) is 22.2 Å². The summed E-state index contributed by atoms with van der Waals surface area (Å²) in [5.74, 6) is 2.34. The van der Waals surface area contributed by atoms with Crippen LogP contribution < -0.4 is 10.1 Å². The smallest absolute Gasteiger partial charge is 0.162 e. The molecule has 5 heteroatoms. The number of benzene rings is 3. The normalized spacial score (nSPS) is 20.2. The van der Waals surface area contributed by atoms with Crippen LogP contribution in [-0.2, 0) is 6.54 Å². The zero-order valence-corrected chi connectivity index (χ0v) is 25.7. The van der Waals surface area contributed by atoms with Crippen LogP contribution >= 0.6 is 0 Å². The first-order chi connectivity index (χ1) is 21.7. The zero-order chi connectivity index (χ0) is 29.9. The van der Waals surface area contributed by atoms with Gasteiger partial charge < -0.3 is 14.6 Å². The molecule has 1 aromatic heterocycles. The van der Waals surface area contributed by atoms with Gasteiger partial charge in [0, 0.05) is 40.2 Å². The predicted octanol–water partition coefficient (Wildman–Crippen LogP) is 9.64. The fourth-order valence-electron chi connectivity index (χ4n) is 8.18. The van der Waals surface area contributed by atoms with E-state index in [9.17, 15) is 4.79 Å². The molecule has 0 radical (unpaired) electrons. The van der Waals surface area contributed by atoms with E-state index in [-0.39, 0.29) is 5.78 Å². The number of nitrogens with zero attached hydrogens (tertiary/aromatic N) is 2. The maximum absolute atomic E-state index is 13.6. The molecule has 3 aliphatic rings. The minimum Gasteiger partial charge on any atom is -0.491 e. The molecule has 2 saturated carbocycles. The molecule has 2 fully saturated rings. The van der Waals surface area contributed by atoms with Crippen LogP contribution in [0.5, 0.6) is 5.75 Å². The van der Waals surface area contributed by atoms with Crippen LogP contribution in [0.4, 0.5) is 5.69 Å². The van der Waals surface area contributed by atoms with E-state index >= 15 is 0 Å². The number of anilines is 1. The number of Topliss-reactive ketones (excluding diaryl/α,β-unsaturated/α-hetero) is 1. The Labute approximate surface area is 261 Å². The predicted molar refractivity (Wildman–Crippen MR) is 177 cm³/mol. The molecular formula is C39H43N3O2. The molecule has 2 heterocycles. The second kappa shape index (κ2) is 12.9. The summed E-state index contributed by atoms with van der Waals surface area (Å²) in [6.45, 7) is 1.43. The number of nitrogens with one attached hydrogen (secondary N) is 1. The fourth-order valence-corrected chi connectivity index (χ4v) is 8.18. The number of rotatable bonds is 8. The zero-order valence-electron chi connectivity index (χ0n) is 25.7. The van der Waals surface area contributed by atoms with Crippen molar-refractivity contribution in [3.8, 4) is 23.1 Å². The number of carbonyl (C=O) groups is 1. The van der Waals surface area contributed by atoms with E-state index in [1.165, 1.54) is 79.1 Å². The summed E-state index contributed by atoms with van der Waals surface area (Å²) in [5.41, 5.74) is 7.75. The third kappa shape index (κ3) is 5.75. The lowest BCUT2D eigenvalue weighted by Gasteiger charge is -2.33. The van der Waals surface area contributed by atoms with Gasteiger partial charge >= 0.3 is 0 Å². The molecule has 0 unspecified atom stereocenters. The van der Waals surface area contributed by atoms with Gasteiger partial charge in [-0.3, -0.25) is 4.79 Å². The average Bonchev–Trinajstić information content (AvgIpc) is 3.27. The molecule has 0 saturated heterocycles. The molecule has 7 rings (SSSR count). The number of para-hydroxylation sites is 1. The Bertz CT molecular complexity index is 1670. The Morgan fingerprint density at radius 3 is 2.57 bits per heavy atom. The minimum atomic E-state index is 0.249. The van der Waals surface area contributed by atoms with E-state index in [4.69, 9.17) is 10.00 Å². The van der Waals surface area contributed by atoms with Crippen LogP contribution in [0.1, 0.15) is 104 Å². The fraction of sp³-hybridized carbons (Fsp3) is 0.436. The summed E-state index contributed by atoms with van der Waals surface area (Å²) in [6.07, 6.45) is 13.8. The molecule has 44 heavy (non-hydrogen) atoms. The minimum absolute atomic E-state index is 0.249. The number of hydrogen-bond donors (Lipinski definition) is 1. The van der Waals surface area contributed by atoms with E-state index in [0.29, 0.717) is 36.5 Å². The first-order valence-corrected chi connectivity index (χ1v) is 16.9. The summed E-state index contributed by atoms with van der Waals surface area (Å²) in [6, 6.07) is 25.4. The Balaban J connectivity index is 1.10. The number of ether oxygens (including phenoxy) is 1. The standard InChI is InChI=1S/C39H43N3O2/c40-26-27-17-20-31(21-18-27)41-34-14-6-4-9-28(34)12-8-15-36(43)30-19-22-32-35(25-30)42-23-24-44-37-16-7-5-13-33(37)39(42)38(32)29-10-2-1-3-11-29/h5,7,13,16-22,25,28-29,34,41H,1-4,6,8-12,14-15,23-24H2/t28-,34+/m0/s1. The molecule has 4 aromatic rings. The first-order valence-electron chi connectivity index (χ1n) is 16.9. The molecule has 1 N–H and O–H groups in total. The maximum Gasteiger partial charge on any atom is 0.162 e. The van der Waals surface area contributed by atoms with Crippen LogP contribution in [-0.4, -0.2) is 23.0 Å². The van der Waals surface area contributed by atoms with E-state index in [0.717, 1.165) is 42.8 Å². The second-order valence-corrected chi connectivity index (χ2v) is 13.1. The van der Waals surface area contributed by atoms with Crippen LogP contribution in [0.15, 0.2) is 66.7 Å². The van der Waals surface area contributed by atoms with Gasteiger partial charge in [0.1, 0.15) is 12.4 Å². The lowest BCUT2D eigenvalue weighted by molar-refractivity contribution is 0.0976. The SMILES string of the molecule is N#Cc1ccc(N[C@@H]2CCCC[C@H]2CCCC(=O)c2ccc3c(C4CCCCC4)c4n(c3c2)CCOc2ccccc2-4)cc1. The first kappa shape index (κ1) is 28.7. The third-order valence-electron chi connectivity index (χ3n) is 10.4. The molecule has 5 nitrogen and oxygen atoms in total. The van der Waals surface area contributed by atoms with Gasteiger partial charge in [0.2, 0.25) is 0 Å². The lowest BCUT2D eigenvalue weighted by Crippen LogP contribution is -2.32. The number of hydrogen-bond acceptors (Lipinski definition) is 4. The molecule has 226 valence electrons. The maximum atomic E-state index is 13.6. The summed E-state index contributed by atoms with van der Waals surface area (Å²) in [7, 11) is 0. The van der Waals surface area contributed by atoms with Gasteiger partial charge in [0.25, 0.3) is 0 Å². The number of nitriles is 1. The van der Waals surface area contributed by atoms with Gasteiger partial charge in [-0.1, -0.05) is 56.4 Å². The summed E-state index contributed by atoms with van der Waals surface area (Å²) in [5, 5.41) is 14.2. The molecular weight excluding hydrogens is 542 g/mol. The molecule has 2 aliphatic carbocycles. The highest BCUT2D eigenvalue weighted by Gasteiger charge is 2.30. The monoisotopic (exact) mass is 585 g/mol. The Morgan fingerprint density at radius 2 is 1.73 bits per heavy atom. The van der Waals surface area contributed by atoms with Crippen molar-refractivity contribution in [3.05, 3.63) is 83.4 Å². The van der Waals surface area contributed by atoms with Crippen LogP contribution in [0.3, 0.4) is 0 Å². The van der Waals surface area contributed by atoms with Crippen molar-refractivity contribution in [2.75, 3.05) is 11.9 Å². The van der Waals surface area contributed by atoms with Gasteiger partial charge in [-0.2, -0.15) is 5.26 Å². The van der Waals surface area contributed by atoms with Crippen molar-refractivity contribution in [1.82, 2.24) is 4.57 Å². The summed E-state index contributed by atoms with van der Waals surface area (Å²) in [4.78, 5) is 13.6. The third-order valence-corrected chi connectivity index (χ3v) is 10.4. The largest absolute Gasteiger partial charge is 0.491 e. The highest BCUT2D eigenvalue weighted by atomic mass is 16.5. The lowest BCUT2D eigenvalue weighted by atomic mass is 9.81. The van der Waals surface area contributed by atoms with Gasteiger partial charge in [0.15, 0.2) is 5.78 Å². The van der Waals surface area contributed by atoms with Crippen molar-refractivity contribution in [1.29, 1.82) is 5.26 Å². The van der Waals surface area contributed by atoms with Gasteiger partial charge in [-0.05, 0) is 98.4 Å². The van der Waals surface area contributed by atoms with E-state index in [1.807, 2.05) is 24.3 Å². The molecule has 1 aliphatic heterocycles. The van der Waals surface area contributed by atoms with Crippen molar-refractivity contribution in [2.45, 2.75) is 95.6 Å². The average molecular weight is 586 g/mol. The molecule has 3 aromatic carbocycles. The second-order valence-electron chi connectivity index (χ2n) is 13.1. The van der Waals surface area contributed by atoms with Crippen molar-refractivity contribution in [2.24, 2.45) is 5.92 Å². The van der Waals surface area contributed by atoms with Gasteiger partial charge in [-0.15, -0.1) is 0 Å². The molecule has 0 spiro atoms.